The van der Waals surface area contributed by atoms with Crippen LogP contribution in [-0.4, -0.2) is 28.1 Å². The Labute approximate surface area is 111 Å². The Morgan fingerprint density at radius 1 is 1.47 bits per heavy atom. The van der Waals surface area contributed by atoms with Crippen LogP contribution in [0, 0.1) is 23.2 Å². The van der Waals surface area contributed by atoms with Crippen LogP contribution in [0.2, 0.25) is 0 Å². The predicted molar refractivity (Wildman–Crippen MR) is 66.7 cm³/mol. The second-order valence-electron chi connectivity index (χ2n) is 6.84. The van der Waals surface area contributed by atoms with Crippen LogP contribution in [0.5, 0.6) is 0 Å². The van der Waals surface area contributed by atoms with Gasteiger partial charge < -0.3 is 14.9 Å². The zero-order valence-electron chi connectivity index (χ0n) is 11.1. The molecule has 4 aliphatic rings. The van der Waals surface area contributed by atoms with Crippen molar-refractivity contribution >= 4 is 5.97 Å². The normalized spacial score (nSPS) is 54.7. The molecule has 4 nitrogen and oxygen atoms in total. The minimum absolute atomic E-state index is 0.0593. The molecule has 3 fully saturated rings. The van der Waals surface area contributed by atoms with Crippen LogP contribution in [-0.2, 0) is 9.53 Å². The van der Waals surface area contributed by atoms with Crippen molar-refractivity contribution in [1.29, 1.82) is 0 Å². The first kappa shape index (κ1) is 11.7. The number of aliphatic hydroxyl groups is 2. The lowest BCUT2D eigenvalue weighted by Gasteiger charge is -2.48. The summed E-state index contributed by atoms with van der Waals surface area (Å²) in [5.74, 6) is -1.24. The number of ether oxygens (including phenoxy) is 1. The van der Waals surface area contributed by atoms with E-state index in [9.17, 15) is 15.0 Å². The fraction of sp³-hybridized carbons (Fsp3) is 0.667. The van der Waals surface area contributed by atoms with Crippen LogP contribution < -0.4 is 0 Å². The molecule has 0 unspecified atom stereocenters. The Balaban J connectivity index is 1.88. The number of hydrogen-bond acceptors (Lipinski definition) is 4. The SMILES string of the molecule is C=C1[C@H]2C[C@H]2[C@]2(C)C[C@]3(O)OC(=O)C(C)=C3[C@H](O)[C@H]12. The predicted octanol–water partition coefficient (Wildman–Crippen LogP) is 1.14. The van der Waals surface area contributed by atoms with Crippen molar-refractivity contribution in [1.82, 2.24) is 0 Å². The third-order valence-electron chi connectivity index (χ3n) is 5.85. The zero-order chi connectivity index (χ0) is 13.7. The van der Waals surface area contributed by atoms with E-state index in [1.165, 1.54) is 0 Å². The molecule has 0 aromatic carbocycles. The molecule has 0 spiro atoms. The smallest absolute Gasteiger partial charge is 0.336 e. The van der Waals surface area contributed by atoms with Gasteiger partial charge in [-0.1, -0.05) is 19.1 Å². The topological polar surface area (TPSA) is 66.8 Å². The molecular weight excluding hydrogens is 244 g/mol. The molecule has 102 valence electrons. The van der Waals surface area contributed by atoms with Crippen LogP contribution >= 0.6 is 0 Å². The van der Waals surface area contributed by atoms with Crippen molar-refractivity contribution in [3.05, 3.63) is 23.3 Å². The zero-order valence-corrected chi connectivity index (χ0v) is 11.1. The maximum absolute atomic E-state index is 11.7. The van der Waals surface area contributed by atoms with Crippen LogP contribution in [0.25, 0.3) is 0 Å². The average molecular weight is 262 g/mol. The lowest BCUT2D eigenvalue weighted by Crippen LogP contribution is -2.53. The molecule has 0 amide bonds. The van der Waals surface area contributed by atoms with Crippen molar-refractivity contribution in [3.63, 3.8) is 0 Å². The fourth-order valence-corrected chi connectivity index (χ4v) is 4.98. The summed E-state index contributed by atoms with van der Waals surface area (Å²) in [6, 6.07) is 0. The summed E-state index contributed by atoms with van der Waals surface area (Å²) in [5.41, 5.74) is 1.58. The molecule has 6 atom stereocenters. The highest BCUT2D eigenvalue weighted by molar-refractivity contribution is 5.92. The molecule has 0 bridgehead atoms. The van der Waals surface area contributed by atoms with Gasteiger partial charge in [0.15, 0.2) is 0 Å². The number of carbonyl (C=O) groups excluding carboxylic acids is 1. The van der Waals surface area contributed by atoms with Gasteiger partial charge in [-0.2, -0.15) is 0 Å². The van der Waals surface area contributed by atoms with E-state index >= 15 is 0 Å². The van der Waals surface area contributed by atoms with Gasteiger partial charge in [-0.05, 0) is 30.6 Å². The second-order valence-corrected chi connectivity index (χ2v) is 6.84. The first-order valence-corrected chi connectivity index (χ1v) is 6.83. The maximum atomic E-state index is 11.7. The second kappa shape index (κ2) is 2.96. The molecule has 1 aliphatic heterocycles. The van der Waals surface area contributed by atoms with Crippen molar-refractivity contribution in [2.24, 2.45) is 23.2 Å². The summed E-state index contributed by atoms with van der Waals surface area (Å²) in [6.45, 7) is 7.84. The lowest BCUT2D eigenvalue weighted by molar-refractivity contribution is -0.211. The molecule has 0 saturated heterocycles. The van der Waals surface area contributed by atoms with Crippen molar-refractivity contribution < 1.29 is 19.7 Å². The summed E-state index contributed by atoms with van der Waals surface area (Å²) >= 11 is 0. The maximum Gasteiger partial charge on any atom is 0.336 e. The number of hydrogen-bond donors (Lipinski definition) is 2. The van der Waals surface area contributed by atoms with Crippen LogP contribution in [0.4, 0.5) is 0 Å². The van der Waals surface area contributed by atoms with E-state index in [0.717, 1.165) is 12.0 Å². The van der Waals surface area contributed by atoms with E-state index in [2.05, 4.69) is 13.5 Å². The quantitative estimate of drug-likeness (QED) is 0.507. The van der Waals surface area contributed by atoms with E-state index in [0.29, 0.717) is 29.4 Å². The Kier molecular flexibility index (Phi) is 1.82. The molecular formula is C15H18O4. The van der Waals surface area contributed by atoms with Gasteiger partial charge in [0.25, 0.3) is 0 Å². The van der Waals surface area contributed by atoms with Gasteiger partial charge in [-0.15, -0.1) is 0 Å². The molecule has 0 radical (unpaired) electrons. The van der Waals surface area contributed by atoms with Gasteiger partial charge in [0.2, 0.25) is 5.79 Å². The fourth-order valence-electron chi connectivity index (χ4n) is 4.98. The Morgan fingerprint density at radius 3 is 2.84 bits per heavy atom. The molecule has 0 aromatic heterocycles. The minimum atomic E-state index is -1.61. The average Bonchev–Trinajstić information content (AvgIpc) is 2.98. The highest BCUT2D eigenvalue weighted by Gasteiger charge is 2.71. The van der Waals surface area contributed by atoms with Crippen LogP contribution in [0.15, 0.2) is 23.3 Å². The van der Waals surface area contributed by atoms with Gasteiger partial charge >= 0.3 is 5.97 Å². The monoisotopic (exact) mass is 262 g/mol. The standard InChI is InChI=1S/C15H18O4/c1-6-8-4-9(8)14(3)5-15(18)11(12(16)10(6)14)7(2)13(17)19-15/h8-10,12,16,18H,1,4-5H2,2-3H3/t8-,9-,10+,12-,14+,15+/m1/s1. The summed E-state index contributed by atoms with van der Waals surface area (Å²) in [5, 5.41) is 21.3. The number of rotatable bonds is 0. The van der Waals surface area contributed by atoms with Crippen LogP contribution in [0.3, 0.4) is 0 Å². The lowest BCUT2D eigenvalue weighted by atomic mass is 9.60. The summed E-state index contributed by atoms with van der Waals surface area (Å²) in [7, 11) is 0. The summed E-state index contributed by atoms with van der Waals surface area (Å²) in [4.78, 5) is 11.7. The van der Waals surface area contributed by atoms with E-state index in [1.54, 1.807) is 6.92 Å². The van der Waals surface area contributed by atoms with E-state index in [1.807, 2.05) is 0 Å². The third-order valence-corrected chi connectivity index (χ3v) is 5.85. The van der Waals surface area contributed by atoms with Gasteiger partial charge in [-0.3, -0.25) is 0 Å². The van der Waals surface area contributed by atoms with E-state index in [-0.39, 0.29) is 11.3 Å². The molecule has 4 rings (SSSR count). The number of esters is 1. The number of carbonyl (C=O) groups is 1. The highest BCUT2D eigenvalue weighted by Crippen LogP contribution is 2.73. The molecule has 3 saturated carbocycles. The van der Waals surface area contributed by atoms with E-state index in [4.69, 9.17) is 4.74 Å². The molecule has 19 heavy (non-hydrogen) atoms. The van der Waals surface area contributed by atoms with E-state index < -0.39 is 17.9 Å². The first-order chi connectivity index (χ1) is 8.79. The van der Waals surface area contributed by atoms with Crippen molar-refractivity contribution in [2.75, 3.05) is 0 Å². The van der Waals surface area contributed by atoms with Gasteiger partial charge in [0, 0.05) is 23.5 Å². The number of aliphatic hydroxyl groups excluding tert-OH is 1. The third kappa shape index (κ3) is 1.11. The first-order valence-electron chi connectivity index (χ1n) is 6.83. The van der Waals surface area contributed by atoms with Crippen LogP contribution in [0.1, 0.15) is 26.7 Å². The number of fused-ring (bicyclic) bond motifs is 4. The molecule has 0 aromatic rings. The molecule has 1 heterocycles. The van der Waals surface area contributed by atoms with Gasteiger partial charge in [0.1, 0.15) is 0 Å². The Hall–Kier alpha value is -1.13. The Morgan fingerprint density at radius 2 is 2.16 bits per heavy atom. The van der Waals surface area contributed by atoms with Crippen molar-refractivity contribution in [2.45, 2.75) is 38.6 Å². The Bertz CT molecular complexity index is 562. The molecule has 4 heteroatoms. The van der Waals surface area contributed by atoms with Gasteiger partial charge in [-0.25, -0.2) is 4.79 Å². The summed E-state index contributed by atoms with van der Waals surface area (Å²) < 4.78 is 5.16. The van der Waals surface area contributed by atoms with Gasteiger partial charge in [0.05, 0.1) is 6.10 Å². The molecule has 3 aliphatic carbocycles. The van der Waals surface area contributed by atoms with Crippen molar-refractivity contribution in [3.8, 4) is 0 Å². The largest absolute Gasteiger partial charge is 0.426 e. The highest BCUT2D eigenvalue weighted by atomic mass is 16.7. The molecule has 2 N–H and O–H groups in total. The summed E-state index contributed by atoms with van der Waals surface area (Å²) in [6.07, 6.45) is 0.608. The minimum Gasteiger partial charge on any atom is -0.426 e.